The molecule has 0 amide bonds. The predicted molar refractivity (Wildman–Crippen MR) is 67.0 cm³/mol. The number of hydrogen-bond donors (Lipinski definition) is 1. The minimum atomic E-state index is 0.857. The lowest BCUT2D eigenvalue weighted by molar-refractivity contribution is 0.235. The first-order valence-electron chi connectivity index (χ1n) is 6.82. The van der Waals surface area contributed by atoms with E-state index in [1.165, 1.54) is 64.5 Å². The molecule has 1 unspecified atom stereocenters. The summed E-state index contributed by atoms with van der Waals surface area (Å²) in [6, 6.07) is 0.857. The van der Waals surface area contributed by atoms with Crippen molar-refractivity contribution in [2.75, 3.05) is 19.6 Å². The van der Waals surface area contributed by atoms with Gasteiger partial charge in [0, 0.05) is 6.04 Å². The molecule has 1 aliphatic rings. The molecule has 0 aromatic heterocycles. The normalized spacial score (nSPS) is 22.4. The highest BCUT2D eigenvalue weighted by molar-refractivity contribution is 4.78. The molecule has 0 aliphatic carbocycles. The molecule has 90 valence electrons. The molecule has 2 N–H and O–H groups in total. The molecule has 0 radical (unpaired) electrons. The number of hydrogen-bond acceptors (Lipinski definition) is 2. The molecule has 0 saturated carbocycles. The van der Waals surface area contributed by atoms with Gasteiger partial charge in [0.05, 0.1) is 0 Å². The van der Waals surface area contributed by atoms with Crippen molar-refractivity contribution in [3.05, 3.63) is 0 Å². The van der Waals surface area contributed by atoms with E-state index < -0.39 is 0 Å². The summed E-state index contributed by atoms with van der Waals surface area (Å²) in [5.41, 5.74) is 5.57. The SMILES string of the molecule is CCCCCCN1CCCC1CCCN. The number of likely N-dealkylation sites (tertiary alicyclic amines) is 1. The minimum absolute atomic E-state index is 0.857. The lowest BCUT2D eigenvalue weighted by Gasteiger charge is -2.24. The largest absolute Gasteiger partial charge is 0.330 e. The molecule has 1 rings (SSSR count). The minimum Gasteiger partial charge on any atom is -0.330 e. The fourth-order valence-corrected chi connectivity index (χ4v) is 2.61. The van der Waals surface area contributed by atoms with Crippen LogP contribution in [0.2, 0.25) is 0 Å². The average Bonchev–Trinajstić information content (AvgIpc) is 2.69. The van der Waals surface area contributed by atoms with Gasteiger partial charge in [-0.05, 0) is 51.7 Å². The molecular formula is C13H28N2. The topological polar surface area (TPSA) is 29.3 Å². The van der Waals surface area contributed by atoms with Crippen LogP contribution in [-0.4, -0.2) is 30.6 Å². The third-order valence-electron chi connectivity index (χ3n) is 3.54. The van der Waals surface area contributed by atoms with Crippen molar-refractivity contribution in [2.24, 2.45) is 5.73 Å². The van der Waals surface area contributed by atoms with Crippen molar-refractivity contribution >= 4 is 0 Å². The summed E-state index contributed by atoms with van der Waals surface area (Å²) in [6.07, 6.45) is 10.9. The fraction of sp³-hybridized carbons (Fsp3) is 1.00. The van der Waals surface area contributed by atoms with Gasteiger partial charge in [-0.25, -0.2) is 0 Å². The van der Waals surface area contributed by atoms with Crippen molar-refractivity contribution in [1.29, 1.82) is 0 Å². The van der Waals surface area contributed by atoms with Crippen LogP contribution in [0.15, 0.2) is 0 Å². The van der Waals surface area contributed by atoms with Crippen LogP contribution in [-0.2, 0) is 0 Å². The summed E-state index contributed by atoms with van der Waals surface area (Å²) in [5.74, 6) is 0. The molecule has 1 saturated heterocycles. The summed E-state index contributed by atoms with van der Waals surface area (Å²) in [7, 11) is 0. The molecule has 1 aliphatic heterocycles. The summed E-state index contributed by atoms with van der Waals surface area (Å²) < 4.78 is 0. The third-order valence-corrected chi connectivity index (χ3v) is 3.54. The second kappa shape index (κ2) is 8.12. The van der Waals surface area contributed by atoms with E-state index in [1.807, 2.05) is 0 Å². The predicted octanol–water partition coefficient (Wildman–Crippen LogP) is 2.77. The molecule has 1 heterocycles. The zero-order valence-electron chi connectivity index (χ0n) is 10.4. The van der Waals surface area contributed by atoms with Gasteiger partial charge in [-0.3, -0.25) is 0 Å². The Hall–Kier alpha value is -0.0800. The van der Waals surface area contributed by atoms with Crippen LogP contribution in [0.1, 0.15) is 58.3 Å². The highest BCUT2D eigenvalue weighted by Crippen LogP contribution is 2.21. The molecule has 2 nitrogen and oxygen atoms in total. The summed E-state index contributed by atoms with van der Waals surface area (Å²) in [6.45, 7) is 5.80. The summed E-state index contributed by atoms with van der Waals surface area (Å²) >= 11 is 0. The van der Waals surface area contributed by atoms with E-state index in [-0.39, 0.29) is 0 Å². The van der Waals surface area contributed by atoms with E-state index >= 15 is 0 Å². The van der Waals surface area contributed by atoms with Gasteiger partial charge in [-0.1, -0.05) is 26.2 Å². The number of unbranched alkanes of at least 4 members (excludes halogenated alkanes) is 3. The van der Waals surface area contributed by atoms with Gasteiger partial charge < -0.3 is 10.6 Å². The Labute approximate surface area is 95.2 Å². The average molecular weight is 212 g/mol. The Balaban J connectivity index is 2.09. The fourth-order valence-electron chi connectivity index (χ4n) is 2.61. The Bertz CT molecular complexity index is 147. The quantitative estimate of drug-likeness (QED) is 0.627. The molecule has 0 aromatic carbocycles. The number of nitrogens with zero attached hydrogens (tertiary/aromatic N) is 1. The highest BCUT2D eigenvalue weighted by Gasteiger charge is 2.22. The first-order chi connectivity index (χ1) is 7.38. The lowest BCUT2D eigenvalue weighted by atomic mass is 10.1. The molecule has 1 fully saturated rings. The van der Waals surface area contributed by atoms with E-state index in [0.29, 0.717) is 0 Å². The standard InChI is InChI=1S/C13H28N2/c1-2-3-4-5-11-15-12-7-9-13(15)8-6-10-14/h13H,2-12,14H2,1H3. The molecule has 2 heteroatoms. The molecule has 0 spiro atoms. The van der Waals surface area contributed by atoms with E-state index in [4.69, 9.17) is 5.73 Å². The van der Waals surface area contributed by atoms with Gasteiger partial charge in [0.15, 0.2) is 0 Å². The maximum Gasteiger partial charge on any atom is 0.00962 e. The maximum absolute atomic E-state index is 5.57. The van der Waals surface area contributed by atoms with Crippen molar-refractivity contribution in [3.63, 3.8) is 0 Å². The monoisotopic (exact) mass is 212 g/mol. The van der Waals surface area contributed by atoms with Crippen LogP contribution in [0.25, 0.3) is 0 Å². The second-order valence-electron chi connectivity index (χ2n) is 4.82. The number of nitrogens with two attached hydrogens (primary N) is 1. The Morgan fingerprint density at radius 2 is 2.07 bits per heavy atom. The zero-order chi connectivity index (χ0) is 10.9. The Kier molecular flexibility index (Phi) is 7.03. The van der Waals surface area contributed by atoms with Gasteiger partial charge in [-0.15, -0.1) is 0 Å². The van der Waals surface area contributed by atoms with Gasteiger partial charge in [0.25, 0.3) is 0 Å². The lowest BCUT2D eigenvalue weighted by Crippen LogP contribution is -2.30. The van der Waals surface area contributed by atoms with Crippen LogP contribution < -0.4 is 5.73 Å². The van der Waals surface area contributed by atoms with E-state index in [9.17, 15) is 0 Å². The molecule has 15 heavy (non-hydrogen) atoms. The number of rotatable bonds is 8. The van der Waals surface area contributed by atoms with Crippen LogP contribution in [0, 0.1) is 0 Å². The smallest absolute Gasteiger partial charge is 0.00962 e. The molecular weight excluding hydrogens is 184 g/mol. The van der Waals surface area contributed by atoms with Gasteiger partial charge in [-0.2, -0.15) is 0 Å². The van der Waals surface area contributed by atoms with E-state index in [1.54, 1.807) is 0 Å². The van der Waals surface area contributed by atoms with Crippen molar-refractivity contribution < 1.29 is 0 Å². The summed E-state index contributed by atoms with van der Waals surface area (Å²) in [5, 5.41) is 0. The van der Waals surface area contributed by atoms with Crippen LogP contribution in [0.5, 0.6) is 0 Å². The van der Waals surface area contributed by atoms with Crippen molar-refractivity contribution in [1.82, 2.24) is 4.90 Å². The molecule has 1 atom stereocenters. The maximum atomic E-state index is 5.57. The first-order valence-corrected chi connectivity index (χ1v) is 6.82. The molecule has 0 bridgehead atoms. The van der Waals surface area contributed by atoms with Crippen LogP contribution >= 0.6 is 0 Å². The van der Waals surface area contributed by atoms with Gasteiger partial charge in [0.1, 0.15) is 0 Å². The highest BCUT2D eigenvalue weighted by atomic mass is 15.2. The van der Waals surface area contributed by atoms with Crippen LogP contribution in [0.4, 0.5) is 0 Å². The van der Waals surface area contributed by atoms with E-state index in [0.717, 1.165) is 12.6 Å². The zero-order valence-corrected chi connectivity index (χ0v) is 10.4. The summed E-state index contributed by atoms with van der Waals surface area (Å²) in [4.78, 5) is 2.70. The van der Waals surface area contributed by atoms with Gasteiger partial charge in [0.2, 0.25) is 0 Å². The van der Waals surface area contributed by atoms with Crippen LogP contribution in [0.3, 0.4) is 0 Å². The third kappa shape index (κ3) is 4.98. The van der Waals surface area contributed by atoms with Crippen molar-refractivity contribution in [3.8, 4) is 0 Å². The first kappa shape index (κ1) is 13.0. The Morgan fingerprint density at radius 3 is 2.80 bits per heavy atom. The van der Waals surface area contributed by atoms with Crippen molar-refractivity contribution in [2.45, 2.75) is 64.3 Å². The van der Waals surface area contributed by atoms with E-state index in [2.05, 4.69) is 11.8 Å². The second-order valence-corrected chi connectivity index (χ2v) is 4.82. The molecule has 0 aromatic rings. The Morgan fingerprint density at radius 1 is 1.20 bits per heavy atom. The van der Waals surface area contributed by atoms with Gasteiger partial charge >= 0.3 is 0 Å².